The Bertz CT molecular complexity index is 1070. The van der Waals surface area contributed by atoms with Gasteiger partial charge in [0, 0.05) is 25.3 Å². The van der Waals surface area contributed by atoms with Gasteiger partial charge in [0.15, 0.2) is 0 Å². The Balaban J connectivity index is 1.82. The zero-order valence-corrected chi connectivity index (χ0v) is 20.5. The van der Waals surface area contributed by atoms with Crippen molar-refractivity contribution in [2.24, 2.45) is 0 Å². The highest BCUT2D eigenvalue weighted by Gasteiger charge is 2.30. The molecule has 3 aromatic rings. The number of aryl methyl sites for hydroxylation is 1. The van der Waals surface area contributed by atoms with Gasteiger partial charge in [-0.15, -0.1) is 11.8 Å². The van der Waals surface area contributed by atoms with Crippen LogP contribution in [0.3, 0.4) is 0 Å². The summed E-state index contributed by atoms with van der Waals surface area (Å²) in [4.78, 5) is 28.4. The average Bonchev–Trinajstić information content (AvgIpc) is 2.84. The number of hydrogen-bond donors (Lipinski definition) is 1. The maximum atomic E-state index is 13.5. The first-order valence-electron chi connectivity index (χ1n) is 11.5. The molecule has 178 valence electrons. The number of nitrogens with zero attached hydrogens (tertiary/aromatic N) is 1. The number of carbonyl (C=O) groups excluding carboxylic acids is 2. The molecular formula is C28H31FN2O2S. The third kappa shape index (κ3) is 7.45. The van der Waals surface area contributed by atoms with Gasteiger partial charge in [-0.05, 0) is 48.2 Å². The Kier molecular flexibility index (Phi) is 9.71. The first-order valence-corrected chi connectivity index (χ1v) is 12.6. The number of halogens is 1. The standard InChI is InChI=1S/C28H31FN2O2S/c1-3-30-28(33)26(17-22-10-5-4-6-11-22)31(18-24-12-8-7-9-21(24)2)27(32)20-34-19-23-13-15-25(29)16-14-23/h4-16,26H,3,17-20H2,1-2H3,(H,30,33). The topological polar surface area (TPSA) is 49.4 Å². The lowest BCUT2D eigenvalue weighted by Gasteiger charge is -2.32. The molecule has 1 unspecified atom stereocenters. The number of benzene rings is 3. The first-order chi connectivity index (χ1) is 16.5. The van der Waals surface area contributed by atoms with Crippen LogP contribution in [0.15, 0.2) is 78.9 Å². The van der Waals surface area contributed by atoms with E-state index in [0.29, 0.717) is 25.3 Å². The highest BCUT2D eigenvalue weighted by atomic mass is 32.2. The predicted molar refractivity (Wildman–Crippen MR) is 137 cm³/mol. The van der Waals surface area contributed by atoms with Crippen LogP contribution in [-0.2, 0) is 28.3 Å². The van der Waals surface area contributed by atoms with Gasteiger partial charge in [0.05, 0.1) is 5.75 Å². The van der Waals surface area contributed by atoms with Gasteiger partial charge in [0.1, 0.15) is 11.9 Å². The lowest BCUT2D eigenvalue weighted by atomic mass is 10.0. The van der Waals surface area contributed by atoms with E-state index in [9.17, 15) is 14.0 Å². The summed E-state index contributed by atoms with van der Waals surface area (Å²) >= 11 is 1.47. The van der Waals surface area contributed by atoms with Crippen molar-refractivity contribution in [1.82, 2.24) is 10.2 Å². The molecule has 1 atom stereocenters. The van der Waals surface area contributed by atoms with E-state index in [1.54, 1.807) is 17.0 Å². The molecule has 1 N–H and O–H groups in total. The second-order valence-corrected chi connectivity index (χ2v) is 9.15. The second-order valence-electron chi connectivity index (χ2n) is 8.17. The van der Waals surface area contributed by atoms with E-state index >= 15 is 0 Å². The smallest absolute Gasteiger partial charge is 0.243 e. The Morgan fingerprint density at radius 3 is 2.29 bits per heavy atom. The lowest BCUT2D eigenvalue weighted by molar-refractivity contribution is -0.139. The molecule has 0 aliphatic carbocycles. The van der Waals surface area contributed by atoms with Crippen LogP contribution in [0.1, 0.15) is 29.2 Å². The van der Waals surface area contributed by atoms with Crippen molar-refractivity contribution in [2.45, 2.75) is 38.6 Å². The largest absolute Gasteiger partial charge is 0.355 e. The van der Waals surface area contributed by atoms with Crippen LogP contribution in [0.5, 0.6) is 0 Å². The molecule has 0 spiro atoms. The monoisotopic (exact) mass is 478 g/mol. The van der Waals surface area contributed by atoms with Crippen LogP contribution in [0, 0.1) is 12.7 Å². The minimum absolute atomic E-state index is 0.0949. The molecule has 0 aromatic heterocycles. The van der Waals surface area contributed by atoms with Gasteiger partial charge in [-0.1, -0.05) is 66.7 Å². The van der Waals surface area contributed by atoms with Crippen molar-refractivity contribution >= 4 is 23.6 Å². The fourth-order valence-corrected chi connectivity index (χ4v) is 4.61. The maximum absolute atomic E-state index is 13.5. The number of thioether (sulfide) groups is 1. The van der Waals surface area contributed by atoms with E-state index < -0.39 is 6.04 Å². The minimum Gasteiger partial charge on any atom is -0.355 e. The highest BCUT2D eigenvalue weighted by Crippen LogP contribution is 2.20. The normalized spacial score (nSPS) is 11.6. The summed E-state index contributed by atoms with van der Waals surface area (Å²) in [6.07, 6.45) is 0.437. The quantitative estimate of drug-likeness (QED) is 0.415. The predicted octanol–water partition coefficient (Wildman–Crippen LogP) is 5.14. The van der Waals surface area contributed by atoms with Crippen molar-refractivity contribution in [3.8, 4) is 0 Å². The highest BCUT2D eigenvalue weighted by molar-refractivity contribution is 7.99. The van der Waals surface area contributed by atoms with Crippen molar-refractivity contribution in [1.29, 1.82) is 0 Å². The van der Waals surface area contributed by atoms with Crippen LogP contribution >= 0.6 is 11.8 Å². The van der Waals surface area contributed by atoms with Crippen LogP contribution in [0.25, 0.3) is 0 Å². The van der Waals surface area contributed by atoms with E-state index in [1.807, 2.05) is 68.4 Å². The van der Waals surface area contributed by atoms with Crippen molar-refractivity contribution in [3.05, 3.63) is 107 Å². The molecule has 0 radical (unpaired) electrons. The summed E-state index contributed by atoms with van der Waals surface area (Å²) in [5, 5.41) is 2.91. The number of hydrogen-bond acceptors (Lipinski definition) is 3. The summed E-state index contributed by atoms with van der Waals surface area (Å²) in [7, 11) is 0. The van der Waals surface area contributed by atoms with Crippen LogP contribution in [-0.4, -0.2) is 35.1 Å². The summed E-state index contributed by atoms with van der Waals surface area (Å²) in [6, 6.07) is 23.4. The summed E-state index contributed by atoms with van der Waals surface area (Å²) in [6.45, 7) is 4.75. The zero-order chi connectivity index (χ0) is 24.3. The SMILES string of the molecule is CCNC(=O)C(Cc1ccccc1)N(Cc1ccccc1C)C(=O)CSCc1ccc(F)cc1. The van der Waals surface area contributed by atoms with Gasteiger partial charge in [-0.25, -0.2) is 4.39 Å². The van der Waals surface area contributed by atoms with E-state index in [1.165, 1.54) is 23.9 Å². The molecule has 0 aliphatic heterocycles. The summed E-state index contributed by atoms with van der Waals surface area (Å²) in [5.41, 5.74) is 4.05. The van der Waals surface area contributed by atoms with Gasteiger partial charge in [0.25, 0.3) is 0 Å². The number of likely N-dealkylation sites (N-methyl/N-ethyl adjacent to an activating group) is 1. The fourth-order valence-electron chi connectivity index (χ4n) is 3.74. The Hall–Kier alpha value is -3.12. The molecule has 4 nitrogen and oxygen atoms in total. The molecule has 0 saturated carbocycles. The second kappa shape index (κ2) is 12.9. The number of nitrogens with one attached hydrogen (secondary N) is 1. The average molecular weight is 479 g/mol. The summed E-state index contributed by atoms with van der Waals surface area (Å²) < 4.78 is 13.2. The molecule has 3 rings (SSSR count). The van der Waals surface area contributed by atoms with Gasteiger partial charge in [0.2, 0.25) is 11.8 Å². The number of rotatable bonds is 11. The van der Waals surface area contributed by atoms with Crippen LogP contribution in [0.4, 0.5) is 4.39 Å². The van der Waals surface area contributed by atoms with E-state index in [2.05, 4.69) is 5.32 Å². The van der Waals surface area contributed by atoms with E-state index in [4.69, 9.17) is 0 Å². The van der Waals surface area contributed by atoms with Gasteiger partial charge in [-0.2, -0.15) is 0 Å². The van der Waals surface area contributed by atoms with Crippen molar-refractivity contribution in [3.63, 3.8) is 0 Å². The Morgan fingerprint density at radius 1 is 0.941 bits per heavy atom. The minimum atomic E-state index is -0.624. The molecule has 0 saturated heterocycles. The Labute approximate surface area is 205 Å². The molecule has 2 amide bonds. The third-order valence-corrected chi connectivity index (χ3v) is 6.62. The van der Waals surface area contributed by atoms with E-state index in [-0.39, 0.29) is 23.4 Å². The van der Waals surface area contributed by atoms with Gasteiger partial charge < -0.3 is 10.2 Å². The van der Waals surface area contributed by atoms with Gasteiger partial charge >= 0.3 is 0 Å². The first kappa shape index (κ1) is 25.5. The Morgan fingerprint density at radius 2 is 1.62 bits per heavy atom. The third-order valence-electron chi connectivity index (χ3n) is 5.63. The molecule has 0 aliphatic rings. The van der Waals surface area contributed by atoms with Gasteiger partial charge in [-0.3, -0.25) is 9.59 Å². The molecule has 34 heavy (non-hydrogen) atoms. The fraction of sp³-hybridized carbons (Fsp3) is 0.286. The van der Waals surface area contributed by atoms with Crippen molar-refractivity contribution < 1.29 is 14.0 Å². The van der Waals surface area contributed by atoms with Crippen LogP contribution in [0.2, 0.25) is 0 Å². The molecule has 0 bridgehead atoms. The van der Waals surface area contributed by atoms with E-state index in [0.717, 1.165) is 22.3 Å². The number of carbonyl (C=O) groups is 2. The molecule has 6 heteroatoms. The molecule has 0 fully saturated rings. The van der Waals surface area contributed by atoms with Crippen molar-refractivity contribution in [2.75, 3.05) is 12.3 Å². The molecule has 0 heterocycles. The lowest BCUT2D eigenvalue weighted by Crippen LogP contribution is -2.51. The zero-order valence-electron chi connectivity index (χ0n) is 19.7. The number of amides is 2. The summed E-state index contributed by atoms with van der Waals surface area (Å²) in [5.74, 6) is 0.294. The molecular weight excluding hydrogens is 447 g/mol. The van der Waals surface area contributed by atoms with Crippen LogP contribution < -0.4 is 5.32 Å². The maximum Gasteiger partial charge on any atom is 0.243 e. The molecule has 3 aromatic carbocycles.